The van der Waals surface area contributed by atoms with E-state index in [-0.39, 0.29) is 21.8 Å². The maximum Gasteiger partial charge on any atom is 0.204 e. The molecule has 0 bridgehead atoms. The highest BCUT2D eigenvalue weighted by Crippen LogP contribution is 2.35. The molecule has 282 valence electrons. The second kappa shape index (κ2) is 14.4. The molecule has 11 rings (SSSR count). The van der Waals surface area contributed by atoms with Crippen LogP contribution in [0.1, 0.15) is 0 Å². The number of hydrogen-bond donors (Lipinski definition) is 0. The predicted molar refractivity (Wildman–Crippen MR) is 246 cm³/mol. The Balaban J connectivity index is 0.968. The second-order valence-corrected chi connectivity index (χ2v) is 15.2. The lowest BCUT2D eigenvalue weighted by Crippen LogP contribution is -2.07. The van der Waals surface area contributed by atoms with Crippen LogP contribution in [0.25, 0.3) is 111 Å². The summed E-state index contributed by atoms with van der Waals surface area (Å²) < 4.78 is 12.8. The van der Waals surface area contributed by atoms with Crippen molar-refractivity contribution in [3.05, 3.63) is 227 Å². The molecule has 11 aromatic rings. The lowest BCUT2D eigenvalue weighted by molar-refractivity contribution is 0.649. The average molecular weight is 771 g/mol. The Labute approximate surface area is 344 Å². The molecule has 9 aromatic carbocycles. The third kappa shape index (κ3) is 6.19. The molecule has 0 saturated heterocycles. The molecule has 0 N–H and O–H groups in total. The summed E-state index contributed by atoms with van der Waals surface area (Å²) in [6, 6.07) is 69.1. The quantitative estimate of drug-likeness (QED) is 0.125. The SMILES string of the molecule is O=c1c2cc(-c3cccc(-c4cccc(-c5ccccc5)c4)c3)ccc2oc2c1ccc1oc3ccc(-c4cccc(-c5cccc(-c6ccccc6)c5)c4)cc3c(=O)c12. The van der Waals surface area contributed by atoms with E-state index < -0.39 is 0 Å². The van der Waals surface area contributed by atoms with E-state index in [2.05, 4.69) is 97.1 Å². The summed E-state index contributed by atoms with van der Waals surface area (Å²) in [6.07, 6.45) is 0. The van der Waals surface area contributed by atoms with Crippen molar-refractivity contribution in [1.82, 2.24) is 0 Å². The van der Waals surface area contributed by atoms with Crippen LogP contribution in [0.3, 0.4) is 0 Å². The molecule has 0 atom stereocenters. The molecule has 0 spiro atoms. The molecule has 2 heterocycles. The Morgan fingerprint density at radius 2 is 0.600 bits per heavy atom. The van der Waals surface area contributed by atoms with Gasteiger partial charge in [0.15, 0.2) is 5.58 Å². The largest absolute Gasteiger partial charge is 0.456 e. The lowest BCUT2D eigenvalue weighted by atomic mass is 9.95. The standard InChI is InChI=1S/C56H34O4/c57-54-47-25-28-52-53(55(58)49-34-46(23-26-50(49)59-52)44-22-10-20-42(32-44)40-18-8-16-38(30-40)36-13-5-2-6-14-36)56(47)60-51-27-24-45(33-48(51)54)43-21-9-19-41(31-43)39-17-7-15-37(29-39)35-11-3-1-4-12-35/h1-34H. The summed E-state index contributed by atoms with van der Waals surface area (Å²) >= 11 is 0. The van der Waals surface area contributed by atoms with E-state index in [0.717, 1.165) is 66.8 Å². The van der Waals surface area contributed by atoms with E-state index in [1.807, 2.05) is 97.1 Å². The second-order valence-electron chi connectivity index (χ2n) is 15.2. The number of rotatable bonds is 6. The van der Waals surface area contributed by atoms with Crippen molar-refractivity contribution in [3.63, 3.8) is 0 Å². The predicted octanol–water partition coefficient (Wildman–Crippen LogP) is 14.2. The van der Waals surface area contributed by atoms with Gasteiger partial charge >= 0.3 is 0 Å². The first-order valence-electron chi connectivity index (χ1n) is 20.0. The van der Waals surface area contributed by atoms with Gasteiger partial charge in [0, 0.05) is 0 Å². The highest BCUT2D eigenvalue weighted by atomic mass is 16.3. The summed E-state index contributed by atoms with van der Waals surface area (Å²) in [5.74, 6) is 0. The molecule has 0 aliphatic rings. The van der Waals surface area contributed by atoms with Gasteiger partial charge in [0.25, 0.3) is 0 Å². The molecule has 0 saturated carbocycles. The van der Waals surface area contributed by atoms with E-state index in [1.54, 1.807) is 12.1 Å². The van der Waals surface area contributed by atoms with Gasteiger partial charge < -0.3 is 8.83 Å². The zero-order valence-corrected chi connectivity index (χ0v) is 32.3. The van der Waals surface area contributed by atoms with Crippen LogP contribution in [0.4, 0.5) is 0 Å². The molecule has 4 heteroatoms. The van der Waals surface area contributed by atoms with Crippen molar-refractivity contribution in [3.8, 4) is 66.8 Å². The van der Waals surface area contributed by atoms with Crippen molar-refractivity contribution in [1.29, 1.82) is 0 Å². The van der Waals surface area contributed by atoms with Gasteiger partial charge in [0.05, 0.1) is 16.2 Å². The third-order valence-electron chi connectivity index (χ3n) is 11.5. The van der Waals surface area contributed by atoms with Gasteiger partial charge in [-0.2, -0.15) is 0 Å². The molecule has 0 amide bonds. The Hall–Kier alpha value is -8.08. The molecule has 60 heavy (non-hydrogen) atoms. The average Bonchev–Trinajstić information content (AvgIpc) is 3.32. The van der Waals surface area contributed by atoms with Crippen LogP contribution in [0.2, 0.25) is 0 Å². The fourth-order valence-corrected chi connectivity index (χ4v) is 8.38. The van der Waals surface area contributed by atoms with E-state index in [4.69, 9.17) is 8.83 Å². The van der Waals surface area contributed by atoms with Crippen molar-refractivity contribution < 1.29 is 8.83 Å². The van der Waals surface area contributed by atoms with Gasteiger partial charge in [0.1, 0.15) is 22.1 Å². The Kier molecular flexibility index (Phi) is 8.42. The van der Waals surface area contributed by atoms with Gasteiger partial charge in [-0.25, -0.2) is 0 Å². The first-order valence-corrected chi connectivity index (χ1v) is 20.0. The summed E-state index contributed by atoms with van der Waals surface area (Å²) in [7, 11) is 0. The van der Waals surface area contributed by atoms with Gasteiger partial charge in [-0.05, 0) is 127 Å². The van der Waals surface area contributed by atoms with E-state index in [9.17, 15) is 9.59 Å². The first-order chi connectivity index (χ1) is 29.5. The zero-order chi connectivity index (χ0) is 40.2. The van der Waals surface area contributed by atoms with Gasteiger partial charge in [-0.1, -0.05) is 146 Å². The molecule has 2 aromatic heterocycles. The molecular weight excluding hydrogens is 737 g/mol. The Morgan fingerprint density at radius 3 is 1.05 bits per heavy atom. The van der Waals surface area contributed by atoms with Crippen LogP contribution in [0.5, 0.6) is 0 Å². The van der Waals surface area contributed by atoms with E-state index >= 15 is 0 Å². The summed E-state index contributed by atoms with van der Waals surface area (Å²) in [5, 5.41) is 1.43. The maximum absolute atomic E-state index is 14.5. The minimum absolute atomic E-state index is 0.205. The van der Waals surface area contributed by atoms with Crippen LogP contribution in [-0.4, -0.2) is 0 Å². The van der Waals surface area contributed by atoms with Gasteiger partial charge in [-0.3, -0.25) is 9.59 Å². The lowest BCUT2D eigenvalue weighted by Gasteiger charge is -2.10. The Morgan fingerprint density at radius 1 is 0.250 bits per heavy atom. The number of benzene rings is 9. The van der Waals surface area contributed by atoms with Crippen LogP contribution >= 0.6 is 0 Å². The Bertz CT molecular complexity index is 3580. The van der Waals surface area contributed by atoms with Crippen molar-refractivity contribution in [2.45, 2.75) is 0 Å². The highest BCUT2D eigenvalue weighted by molar-refractivity contribution is 6.08. The van der Waals surface area contributed by atoms with Gasteiger partial charge in [0.2, 0.25) is 10.9 Å². The van der Waals surface area contributed by atoms with E-state index in [0.29, 0.717) is 32.9 Å². The topological polar surface area (TPSA) is 60.4 Å². The fourth-order valence-electron chi connectivity index (χ4n) is 8.38. The molecule has 0 unspecified atom stereocenters. The minimum Gasteiger partial charge on any atom is -0.456 e. The highest BCUT2D eigenvalue weighted by Gasteiger charge is 2.18. The monoisotopic (exact) mass is 770 g/mol. The first kappa shape index (κ1) is 35.1. The summed E-state index contributed by atoms with van der Waals surface area (Å²) in [4.78, 5) is 28.7. The number of fused-ring (bicyclic) bond motifs is 5. The van der Waals surface area contributed by atoms with Crippen LogP contribution in [-0.2, 0) is 0 Å². The number of hydrogen-bond acceptors (Lipinski definition) is 4. The van der Waals surface area contributed by atoms with Gasteiger partial charge in [-0.15, -0.1) is 0 Å². The normalized spacial score (nSPS) is 11.5. The smallest absolute Gasteiger partial charge is 0.204 e. The summed E-state index contributed by atoms with van der Waals surface area (Å²) in [6.45, 7) is 0. The fraction of sp³-hybridized carbons (Fsp3) is 0. The molecule has 4 nitrogen and oxygen atoms in total. The zero-order valence-electron chi connectivity index (χ0n) is 32.3. The van der Waals surface area contributed by atoms with Crippen molar-refractivity contribution >= 4 is 43.9 Å². The molecule has 0 aliphatic carbocycles. The van der Waals surface area contributed by atoms with E-state index in [1.165, 1.54) is 0 Å². The molecule has 0 fully saturated rings. The van der Waals surface area contributed by atoms with Crippen LogP contribution < -0.4 is 10.9 Å². The maximum atomic E-state index is 14.5. The minimum atomic E-state index is -0.252. The van der Waals surface area contributed by atoms with Crippen LogP contribution in [0, 0.1) is 0 Å². The third-order valence-corrected chi connectivity index (χ3v) is 11.5. The molecule has 0 aliphatic heterocycles. The molecule has 0 radical (unpaired) electrons. The van der Waals surface area contributed by atoms with Crippen molar-refractivity contribution in [2.75, 3.05) is 0 Å². The van der Waals surface area contributed by atoms with Crippen molar-refractivity contribution in [2.24, 2.45) is 0 Å². The molecular formula is C56H34O4. The van der Waals surface area contributed by atoms with Crippen LogP contribution in [0.15, 0.2) is 225 Å². The summed E-state index contributed by atoms with van der Waals surface area (Å²) in [5.41, 5.74) is 13.7.